The van der Waals surface area contributed by atoms with Gasteiger partial charge in [0.25, 0.3) is 0 Å². The van der Waals surface area contributed by atoms with E-state index in [4.69, 9.17) is 22.7 Å². The molecule has 0 spiro atoms. The molecule has 0 radical (unpaired) electrons. The predicted molar refractivity (Wildman–Crippen MR) is 74.3 cm³/mol. The highest BCUT2D eigenvalue weighted by molar-refractivity contribution is 7.80. The molecule has 0 bridgehead atoms. The van der Waals surface area contributed by atoms with E-state index >= 15 is 0 Å². The Labute approximate surface area is 116 Å². The molecule has 1 saturated heterocycles. The van der Waals surface area contributed by atoms with Crippen LogP contribution in [0.1, 0.15) is 25.3 Å². The monoisotopic (exact) mass is 286 g/mol. The minimum Gasteiger partial charge on any atom is -0.389 e. The lowest BCUT2D eigenvalue weighted by molar-refractivity contribution is 0.0231. The molecule has 1 heterocycles. The minimum atomic E-state index is -0.679. The average molecular weight is 286 g/mol. The van der Waals surface area contributed by atoms with Crippen LogP contribution in [0.4, 0.5) is 14.5 Å². The summed E-state index contributed by atoms with van der Waals surface area (Å²) in [6.07, 6.45) is 1.53. The molecule has 1 fully saturated rings. The number of ether oxygens (including phenoxy) is 1. The van der Waals surface area contributed by atoms with E-state index in [2.05, 4.69) is 5.32 Å². The Bertz CT molecular complexity index is 473. The molecule has 1 aromatic carbocycles. The Morgan fingerprint density at radius 1 is 1.42 bits per heavy atom. The zero-order valence-corrected chi connectivity index (χ0v) is 11.4. The topological polar surface area (TPSA) is 47.3 Å². The Morgan fingerprint density at radius 2 is 2.05 bits per heavy atom. The quantitative estimate of drug-likeness (QED) is 0.838. The van der Waals surface area contributed by atoms with E-state index < -0.39 is 11.6 Å². The fourth-order valence-electron chi connectivity index (χ4n) is 2.19. The molecule has 104 valence electrons. The van der Waals surface area contributed by atoms with Crippen LogP contribution in [0.3, 0.4) is 0 Å². The van der Waals surface area contributed by atoms with E-state index in [1.807, 2.05) is 6.92 Å². The number of hydrogen-bond donors (Lipinski definition) is 2. The van der Waals surface area contributed by atoms with Gasteiger partial charge in [0.05, 0.1) is 6.10 Å². The van der Waals surface area contributed by atoms with Gasteiger partial charge in [-0.1, -0.05) is 12.2 Å². The first-order chi connectivity index (χ1) is 8.97. The summed E-state index contributed by atoms with van der Waals surface area (Å²) in [5.74, 6) is -1.36. The van der Waals surface area contributed by atoms with E-state index in [1.165, 1.54) is 0 Å². The molecular weight excluding hydrogens is 270 g/mol. The summed E-state index contributed by atoms with van der Waals surface area (Å²) >= 11 is 4.71. The Kier molecular flexibility index (Phi) is 4.31. The molecule has 2 atom stereocenters. The van der Waals surface area contributed by atoms with E-state index in [0.717, 1.165) is 25.0 Å². The Balaban J connectivity index is 2.18. The maximum atomic E-state index is 13.9. The molecule has 2 rings (SSSR count). The zero-order chi connectivity index (χ0) is 14.0. The number of benzene rings is 1. The molecule has 2 unspecified atom stereocenters. The molecule has 1 aliphatic heterocycles. The van der Waals surface area contributed by atoms with Gasteiger partial charge in [0.2, 0.25) is 0 Å². The van der Waals surface area contributed by atoms with Gasteiger partial charge in [-0.25, -0.2) is 8.78 Å². The van der Waals surface area contributed by atoms with Crippen LogP contribution in [0.5, 0.6) is 0 Å². The van der Waals surface area contributed by atoms with Gasteiger partial charge in [0, 0.05) is 18.2 Å². The lowest BCUT2D eigenvalue weighted by atomic mass is 10.0. The van der Waals surface area contributed by atoms with Crippen molar-refractivity contribution in [2.24, 2.45) is 5.73 Å². The smallest absolute Gasteiger partial charge is 0.150 e. The van der Waals surface area contributed by atoms with Gasteiger partial charge in [-0.2, -0.15) is 0 Å². The van der Waals surface area contributed by atoms with Gasteiger partial charge in [-0.3, -0.25) is 0 Å². The standard InChI is InChI=1S/C13H16F2N2OS/c1-7-4-9(2-3-18-7)17-12-10(14)5-8(13(16)19)6-11(12)15/h5-7,9,17H,2-4H2,1H3,(H2,16,19). The number of halogens is 2. The number of anilines is 1. The Hall–Kier alpha value is -1.27. The SMILES string of the molecule is CC1CC(Nc2c(F)cc(C(N)=S)cc2F)CCO1. The van der Waals surface area contributed by atoms with E-state index in [9.17, 15) is 8.78 Å². The van der Waals surface area contributed by atoms with Crippen molar-refractivity contribution in [3.05, 3.63) is 29.3 Å². The second-order valence-corrected chi connectivity index (χ2v) is 5.17. The fraction of sp³-hybridized carbons (Fsp3) is 0.462. The van der Waals surface area contributed by atoms with E-state index in [0.29, 0.717) is 6.61 Å². The van der Waals surface area contributed by atoms with Crippen LogP contribution in [0.2, 0.25) is 0 Å². The molecule has 3 N–H and O–H groups in total. The summed E-state index contributed by atoms with van der Waals surface area (Å²) in [7, 11) is 0. The van der Waals surface area contributed by atoms with E-state index in [1.54, 1.807) is 0 Å². The number of thiocarbonyl (C=S) groups is 1. The molecule has 3 nitrogen and oxygen atoms in total. The maximum Gasteiger partial charge on any atom is 0.150 e. The van der Waals surface area contributed by atoms with Gasteiger partial charge < -0.3 is 15.8 Å². The summed E-state index contributed by atoms with van der Waals surface area (Å²) in [4.78, 5) is -0.0240. The highest BCUT2D eigenvalue weighted by Gasteiger charge is 2.22. The summed E-state index contributed by atoms with van der Waals surface area (Å²) in [5.41, 5.74) is 5.43. The van der Waals surface area contributed by atoms with Crippen molar-refractivity contribution in [2.75, 3.05) is 11.9 Å². The molecule has 0 amide bonds. The molecule has 0 aromatic heterocycles. The van der Waals surface area contributed by atoms with Gasteiger partial charge in [-0.05, 0) is 31.9 Å². The number of rotatable bonds is 3. The fourth-order valence-corrected chi connectivity index (χ4v) is 2.30. The second kappa shape index (κ2) is 5.79. The summed E-state index contributed by atoms with van der Waals surface area (Å²) in [5, 5.41) is 2.90. The van der Waals surface area contributed by atoms with Crippen LogP contribution < -0.4 is 11.1 Å². The van der Waals surface area contributed by atoms with Gasteiger partial charge >= 0.3 is 0 Å². The van der Waals surface area contributed by atoms with Crippen LogP contribution in [-0.4, -0.2) is 23.7 Å². The minimum absolute atomic E-state index is 0.00317. The molecule has 0 saturated carbocycles. The van der Waals surface area contributed by atoms with Gasteiger partial charge in [0.1, 0.15) is 22.3 Å². The summed E-state index contributed by atoms with van der Waals surface area (Å²) < 4.78 is 33.1. The molecular formula is C13H16F2N2OS. The third-order valence-corrected chi connectivity index (χ3v) is 3.40. The van der Waals surface area contributed by atoms with Crippen molar-refractivity contribution in [2.45, 2.75) is 31.9 Å². The van der Waals surface area contributed by atoms with Crippen LogP contribution in [0, 0.1) is 11.6 Å². The lowest BCUT2D eigenvalue weighted by Crippen LogP contribution is -2.33. The average Bonchev–Trinajstić information content (AvgIpc) is 2.33. The van der Waals surface area contributed by atoms with Crippen molar-refractivity contribution in [1.82, 2.24) is 0 Å². The first-order valence-electron chi connectivity index (χ1n) is 6.14. The first kappa shape index (κ1) is 14.1. The van der Waals surface area contributed by atoms with Crippen molar-refractivity contribution in [3.63, 3.8) is 0 Å². The van der Waals surface area contributed by atoms with E-state index in [-0.39, 0.29) is 28.4 Å². The summed E-state index contributed by atoms with van der Waals surface area (Å²) in [6.45, 7) is 2.53. The summed E-state index contributed by atoms with van der Waals surface area (Å²) in [6, 6.07) is 2.30. The van der Waals surface area contributed by atoms with Crippen molar-refractivity contribution in [1.29, 1.82) is 0 Å². The predicted octanol–water partition coefficient (Wildman–Crippen LogP) is 2.58. The first-order valence-corrected chi connectivity index (χ1v) is 6.55. The van der Waals surface area contributed by atoms with Gasteiger partial charge in [0.15, 0.2) is 0 Å². The van der Waals surface area contributed by atoms with Gasteiger partial charge in [-0.15, -0.1) is 0 Å². The molecule has 1 aliphatic rings. The molecule has 1 aromatic rings. The number of hydrogen-bond acceptors (Lipinski definition) is 3. The number of nitrogens with one attached hydrogen (secondary N) is 1. The second-order valence-electron chi connectivity index (χ2n) is 4.73. The van der Waals surface area contributed by atoms with Crippen molar-refractivity contribution < 1.29 is 13.5 Å². The third-order valence-electron chi connectivity index (χ3n) is 3.16. The van der Waals surface area contributed by atoms with Crippen LogP contribution in [0.25, 0.3) is 0 Å². The Morgan fingerprint density at radius 3 is 2.58 bits per heavy atom. The lowest BCUT2D eigenvalue weighted by Gasteiger charge is -2.29. The number of nitrogens with two attached hydrogens (primary N) is 1. The molecule has 6 heteroatoms. The largest absolute Gasteiger partial charge is 0.389 e. The highest BCUT2D eigenvalue weighted by Crippen LogP contribution is 2.25. The van der Waals surface area contributed by atoms with Crippen LogP contribution in [-0.2, 0) is 4.74 Å². The van der Waals surface area contributed by atoms with Crippen molar-refractivity contribution in [3.8, 4) is 0 Å². The normalized spacial score (nSPS) is 23.1. The third kappa shape index (κ3) is 3.39. The highest BCUT2D eigenvalue weighted by atomic mass is 32.1. The maximum absolute atomic E-state index is 13.9. The van der Waals surface area contributed by atoms with Crippen molar-refractivity contribution >= 4 is 22.9 Å². The van der Waals surface area contributed by atoms with Crippen LogP contribution in [0.15, 0.2) is 12.1 Å². The molecule has 19 heavy (non-hydrogen) atoms. The molecule has 0 aliphatic carbocycles. The zero-order valence-electron chi connectivity index (χ0n) is 10.6. The van der Waals surface area contributed by atoms with Crippen LogP contribution >= 0.6 is 12.2 Å².